The fourth-order valence-corrected chi connectivity index (χ4v) is 4.16. The lowest BCUT2D eigenvalue weighted by molar-refractivity contribution is -0.115. The van der Waals surface area contributed by atoms with Crippen molar-refractivity contribution in [2.45, 2.75) is 50.6 Å². The zero-order valence-corrected chi connectivity index (χ0v) is 18.8. The predicted octanol–water partition coefficient (Wildman–Crippen LogP) is 4.40. The van der Waals surface area contributed by atoms with Crippen LogP contribution >= 0.6 is 23.1 Å². The average molecular weight is 432 g/mol. The molecule has 1 aromatic carbocycles. The lowest BCUT2D eigenvalue weighted by atomic mass is 10.0. The quantitative estimate of drug-likeness (QED) is 0.532. The standard InChI is InChI=1S/C20H25N5O2S2/c1-12(2)15-8-6-7-9-16(15)27-10-17-23-24-20(25(17)5)29-14(4)18(26)22-19-21-13(3)11-28-19/h6-9,11-12,14H,10H2,1-5H3,(H,21,22,26)/t14-/m1/s1. The van der Waals surface area contributed by atoms with Crippen LogP contribution in [0.2, 0.25) is 0 Å². The molecule has 0 aliphatic carbocycles. The van der Waals surface area contributed by atoms with Crippen molar-refractivity contribution in [1.82, 2.24) is 19.7 Å². The molecule has 3 aromatic rings. The molecule has 9 heteroatoms. The van der Waals surface area contributed by atoms with Gasteiger partial charge in [0.15, 0.2) is 16.1 Å². The molecular formula is C20H25N5O2S2. The largest absolute Gasteiger partial charge is 0.485 e. The van der Waals surface area contributed by atoms with Gasteiger partial charge in [0.05, 0.1) is 10.9 Å². The molecular weight excluding hydrogens is 406 g/mol. The van der Waals surface area contributed by atoms with Crippen molar-refractivity contribution in [2.24, 2.45) is 7.05 Å². The zero-order valence-electron chi connectivity index (χ0n) is 17.2. The van der Waals surface area contributed by atoms with E-state index in [-0.39, 0.29) is 11.2 Å². The van der Waals surface area contributed by atoms with Crippen LogP contribution in [-0.4, -0.2) is 30.9 Å². The molecule has 0 aliphatic heterocycles. The molecule has 0 unspecified atom stereocenters. The highest BCUT2D eigenvalue weighted by Gasteiger charge is 2.20. The molecule has 2 aromatic heterocycles. The van der Waals surface area contributed by atoms with Crippen molar-refractivity contribution < 1.29 is 9.53 Å². The monoisotopic (exact) mass is 431 g/mol. The van der Waals surface area contributed by atoms with Crippen LogP contribution < -0.4 is 10.1 Å². The molecule has 0 fully saturated rings. The summed E-state index contributed by atoms with van der Waals surface area (Å²) < 4.78 is 7.85. The number of aromatic nitrogens is 4. The molecule has 0 bridgehead atoms. The molecule has 7 nitrogen and oxygen atoms in total. The van der Waals surface area contributed by atoms with Gasteiger partial charge < -0.3 is 14.6 Å². The van der Waals surface area contributed by atoms with Crippen LogP contribution in [0.1, 0.15) is 43.8 Å². The lowest BCUT2D eigenvalue weighted by Gasteiger charge is -2.14. The highest BCUT2D eigenvalue weighted by molar-refractivity contribution is 8.00. The van der Waals surface area contributed by atoms with E-state index in [1.54, 1.807) is 0 Å². The van der Waals surface area contributed by atoms with E-state index in [2.05, 4.69) is 40.4 Å². The van der Waals surface area contributed by atoms with E-state index in [0.29, 0.717) is 28.6 Å². The maximum atomic E-state index is 12.4. The van der Waals surface area contributed by atoms with Crippen LogP contribution in [0, 0.1) is 6.92 Å². The van der Waals surface area contributed by atoms with Crippen molar-refractivity contribution in [3.63, 3.8) is 0 Å². The van der Waals surface area contributed by atoms with Crippen molar-refractivity contribution in [1.29, 1.82) is 0 Å². The fraction of sp³-hybridized carbons (Fsp3) is 0.400. The summed E-state index contributed by atoms with van der Waals surface area (Å²) in [6.45, 7) is 8.32. The minimum Gasteiger partial charge on any atom is -0.485 e. The number of amides is 1. The number of para-hydroxylation sites is 1. The summed E-state index contributed by atoms with van der Waals surface area (Å²) >= 11 is 2.77. The van der Waals surface area contributed by atoms with Crippen molar-refractivity contribution in [3.05, 3.63) is 46.7 Å². The van der Waals surface area contributed by atoms with Crippen molar-refractivity contribution >= 4 is 34.1 Å². The first-order chi connectivity index (χ1) is 13.8. The van der Waals surface area contributed by atoms with Gasteiger partial charge >= 0.3 is 0 Å². The van der Waals surface area contributed by atoms with Gasteiger partial charge in [0.25, 0.3) is 0 Å². The van der Waals surface area contributed by atoms with Gasteiger partial charge in [0.2, 0.25) is 5.91 Å². The Kier molecular flexibility index (Phi) is 6.92. The van der Waals surface area contributed by atoms with Crippen LogP contribution in [0.4, 0.5) is 5.13 Å². The molecule has 154 valence electrons. The second-order valence-corrected chi connectivity index (χ2v) is 9.15. The number of carbonyl (C=O) groups is 1. The number of thioether (sulfide) groups is 1. The third-order valence-corrected chi connectivity index (χ3v) is 6.33. The Morgan fingerprint density at radius 3 is 2.72 bits per heavy atom. The second kappa shape index (κ2) is 9.41. The smallest absolute Gasteiger partial charge is 0.239 e. The van der Waals surface area contributed by atoms with Gasteiger partial charge in [0, 0.05) is 12.4 Å². The number of ether oxygens (including phenoxy) is 1. The molecule has 0 saturated carbocycles. The van der Waals surface area contributed by atoms with Gasteiger partial charge in [-0.15, -0.1) is 21.5 Å². The molecule has 3 rings (SSSR count). The number of nitrogens with one attached hydrogen (secondary N) is 1. The van der Waals surface area contributed by atoms with Gasteiger partial charge in [-0.05, 0) is 31.4 Å². The summed E-state index contributed by atoms with van der Waals surface area (Å²) in [5.74, 6) is 1.81. The van der Waals surface area contributed by atoms with Crippen LogP contribution in [0.15, 0.2) is 34.8 Å². The van der Waals surface area contributed by atoms with Gasteiger partial charge in [-0.3, -0.25) is 4.79 Å². The third-order valence-electron chi connectivity index (χ3n) is 4.32. The molecule has 0 radical (unpaired) electrons. The Morgan fingerprint density at radius 2 is 2.03 bits per heavy atom. The molecule has 29 heavy (non-hydrogen) atoms. The summed E-state index contributed by atoms with van der Waals surface area (Å²) in [4.78, 5) is 16.7. The van der Waals surface area contributed by atoms with E-state index in [1.807, 2.05) is 49.0 Å². The van der Waals surface area contributed by atoms with E-state index in [0.717, 1.165) is 17.0 Å². The van der Waals surface area contributed by atoms with Crippen LogP contribution in [0.5, 0.6) is 5.75 Å². The van der Waals surface area contributed by atoms with E-state index >= 15 is 0 Å². The molecule has 2 heterocycles. The summed E-state index contributed by atoms with van der Waals surface area (Å²) in [7, 11) is 1.88. The van der Waals surface area contributed by atoms with Crippen molar-refractivity contribution in [2.75, 3.05) is 5.32 Å². The number of hydrogen-bond acceptors (Lipinski definition) is 7. The summed E-state index contributed by atoms with van der Waals surface area (Å²) in [5.41, 5.74) is 2.05. The Labute approximate surface area is 178 Å². The van der Waals surface area contributed by atoms with E-state index in [9.17, 15) is 4.79 Å². The Balaban J connectivity index is 1.61. The maximum absolute atomic E-state index is 12.4. The number of benzene rings is 1. The SMILES string of the molecule is Cc1csc(NC(=O)[C@@H](C)Sc2nnc(COc3ccccc3C(C)C)n2C)n1. The highest BCUT2D eigenvalue weighted by Crippen LogP contribution is 2.27. The molecule has 1 atom stereocenters. The molecule has 0 saturated heterocycles. The van der Waals surface area contributed by atoms with Crippen molar-refractivity contribution in [3.8, 4) is 5.75 Å². The second-order valence-electron chi connectivity index (χ2n) is 6.98. The van der Waals surface area contributed by atoms with Gasteiger partial charge in [-0.25, -0.2) is 4.98 Å². The molecule has 1 N–H and O–H groups in total. The molecule has 0 spiro atoms. The third kappa shape index (κ3) is 5.36. The topological polar surface area (TPSA) is 81.9 Å². The van der Waals surface area contributed by atoms with Crippen LogP contribution in [-0.2, 0) is 18.4 Å². The lowest BCUT2D eigenvalue weighted by Crippen LogP contribution is -2.22. The number of rotatable bonds is 8. The van der Waals surface area contributed by atoms with E-state index in [1.165, 1.54) is 23.1 Å². The summed E-state index contributed by atoms with van der Waals surface area (Å²) in [5, 5.41) is 14.1. The van der Waals surface area contributed by atoms with Crippen LogP contribution in [0.25, 0.3) is 0 Å². The molecule has 1 amide bonds. The van der Waals surface area contributed by atoms with E-state index < -0.39 is 0 Å². The maximum Gasteiger partial charge on any atom is 0.239 e. The summed E-state index contributed by atoms with van der Waals surface area (Å²) in [6, 6.07) is 8.01. The first-order valence-corrected chi connectivity index (χ1v) is 11.1. The van der Waals surface area contributed by atoms with Gasteiger partial charge in [-0.1, -0.05) is 43.8 Å². The summed E-state index contributed by atoms with van der Waals surface area (Å²) in [6.07, 6.45) is 0. The first kappa shape index (κ1) is 21.3. The number of carbonyl (C=O) groups excluding carboxylic acids is 1. The van der Waals surface area contributed by atoms with E-state index in [4.69, 9.17) is 4.74 Å². The fourth-order valence-electron chi connectivity index (χ4n) is 2.63. The van der Waals surface area contributed by atoms with Gasteiger partial charge in [0.1, 0.15) is 12.4 Å². The number of hydrogen-bond donors (Lipinski definition) is 1. The Hall–Kier alpha value is -2.39. The first-order valence-electron chi connectivity index (χ1n) is 9.34. The minimum atomic E-state index is -0.336. The zero-order chi connectivity index (χ0) is 21.0. The number of aryl methyl sites for hydroxylation is 1. The number of thiazole rings is 1. The predicted molar refractivity (Wildman–Crippen MR) is 117 cm³/mol. The Bertz CT molecular complexity index is 983. The van der Waals surface area contributed by atoms with Crippen LogP contribution in [0.3, 0.4) is 0 Å². The number of anilines is 1. The van der Waals surface area contributed by atoms with Gasteiger partial charge in [-0.2, -0.15) is 0 Å². The average Bonchev–Trinajstić information content (AvgIpc) is 3.25. The highest BCUT2D eigenvalue weighted by atomic mass is 32.2. The normalized spacial score (nSPS) is 12.2. The molecule has 0 aliphatic rings. The Morgan fingerprint density at radius 1 is 1.28 bits per heavy atom. The number of nitrogens with zero attached hydrogens (tertiary/aromatic N) is 4. The minimum absolute atomic E-state index is 0.115.